The Bertz CT molecular complexity index is 633. The van der Waals surface area contributed by atoms with Crippen LogP contribution in [0.3, 0.4) is 0 Å². The summed E-state index contributed by atoms with van der Waals surface area (Å²) in [6, 6.07) is 6.12. The molecular formula is C21H31NO4. The minimum atomic E-state index is -0.548. The second kappa shape index (κ2) is 9.06. The third-order valence-corrected chi connectivity index (χ3v) is 4.87. The first-order valence-corrected chi connectivity index (χ1v) is 9.56. The van der Waals surface area contributed by atoms with E-state index in [1.807, 2.05) is 19.9 Å². The summed E-state index contributed by atoms with van der Waals surface area (Å²) in [5.74, 6) is 0.837. The van der Waals surface area contributed by atoms with E-state index in [0.29, 0.717) is 38.5 Å². The van der Waals surface area contributed by atoms with Gasteiger partial charge < -0.3 is 14.4 Å². The van der Waals surface area contributed by atoms with Crippen LogP contribution in [-0.4, -0.2) is 42.6 Å². The van der Waals surface area contributed by atoms with Crippen LogP contribution in [0.15, 0.2) is 18.2 Å². The molecule has 5 nitrogen and oxygen atoms in total. The van der Waals surface area contributed by atoms with Crippen molar-refractivity contribution in [2.75, 3.05) is 19.7 Å². The van der Waals surface area contributed by atoms with Crippen LogP contribution in [0.4, 0.5) is 0 Å². The lowest BCUT2D eigenvalue weighted by atomic mass is 9.96. The number of rotatable bonds is 6. The maximum atomic E-state index is 12.8. The summed E-state index contributed by atoms with van der Waals surface area (Å²) in [5, 5.41) is 0. The standard InChI is InChI=1S/C21H31NO4/c1-6-25-21(24)17-9-11-22(12-10-17)20(23)16(5)26-19-13-15(4)7-8-18(19)14(2)3/h7-8,13-14,16-17H,6,9-12H2,1-5H3/t16-/m0/s1. The number of esters is 1. The van der Waals surface area contributed by atoms with E-state index in [2.05, 4.69) is 26.0 Å². The van der Waals surface area contributed by atoms with E-state index in [9.17, 15) is 9.59 Å². The van der Waals surface area contributed by atoms with E-state index in [-0.39, 0.29) is 17.8 Å². The van der Waals surface area contributed by atoms with Crippen LogP contribution in [-0.2, 0) is 14.3 Å². The molecule has 0 aliphatic carbocycles. The minimum absolute atomic E-state index is 0.0245. The smallest absolute Gasteiger partial charge is 0.309 e. The van der Waals surface area contributed by atoms with Crippen LogP contribution in [0, 0.1) is 12.8 Å². The quantitative estimate of drug-likeness (QED) is 0.725. The molecule has 0 aromatic heterocycles. The van der Waals surface area contributed by atoms with E-state index < -0.39 is 6.10 Å². The summed E-state index contributed by atoms with van der Waals surface area (Å²) >= 11 is 0. The fraction of sp³-hybridized carbons (Fsp3) is 0.619. The van der Waals surface area contributed by atoms with E-state index in [4.69, 9.17) is 9.47 Å². The van der Waals surface area contributed by atoms with Crippen molar-refractivity contribution in [1.29, 1.82) is 0 Å². The van der Waals surface area contributed by atoms with Gasteiger partial charge in [0.25, 0.3) is 5.91 Å². The fourth-order valence-electron chi connectivity index (χ4n) is 3.31. The number of carbonyl (C=O) groups is 2. The van der Waals surface area contributed by atoms with Gasteiger partial charge in [0.2, 0.25) is 0 Å². The van der Waals surface area contributed by atoms with Crippen molar-refractivity contribution in [3.05, 3.63) is 29.3 Å². The van der Waals surface area contributed by atoms with E-state index in [1.54, 1.807) is 11.8 Å². The third-order valence-electron chi connectivity index (χ3n) is 4.87. The number of nitrogens with zero attached hydrogens (tertiary/aromatic N) is 1. The van der Waals surface area contributed by atoms with Gasteiger partial charge in [0.1, 0.15) is 5.75 Å². The number of likely N-dealkylation sites (tertiary alicyclic amines) is 1. The average molecular weight is 361 g/mol. The molecular weight excluding hydrogens is 330 g/mol. The van der Waals surface area contributed by atoms with Crippen LogP contribution < -0.4 is 4.74 Å². The largest absolute Gasteiger partial charge is 0.481 e. The zero-order valence-electron chi connectivity index (χ0n) is 16.6. The molecule has 0 unspecified atom stereocenters. The highest BCUT2D eigenvalue weighted by molar-refractivity contribution is 5.81. The average Bonchev–Trinajstić information content (AvgIpc) is 2.61. The lowest BCUT2D eigenvalue weighted by molar-refractivity contribution is -0.152. The Morgan fingerprint density at radius 3 is 2.42 bits per heavy atom. The highest BCUT2D eigenvalue weighted by atomic mass is 16.5. The van der Waals surface area contributed by atoms with Gasteiger partial charge in [-0.2, -0.15) is 0 Å². The highest BCUT2D eigenvalue weighted by Crippen LogP contribution is 2.29. The fourth-order valence-corrected chi connectivity index (χ4v) is 3.31. The van der Waals surface area contributed by atoms with Crippen molar-refractivity contribution >= 4 is 11.9 Å². The lowest BCUT2D eigenvalue weighted by Crippen LogP contribution is -2.46. The number of hydrogen-bond donors (Lipinski definition) is 0. The molecule has 1 saturated heterocycles. The Kier molecular flexibility index (Phi) is 7.06. The third kappa shape index (κ3) is 4.99. The van der Waals surface area contributed by atoms with Crippen molar-refractivity contribution in [2.24, 2.45) is 5.92 Å². The molecule has 0 spiro atoms. The number of ether oxygens (including phenoxy) is 2. The molecule has 0 N–H and O–H groups in total. The first kappa shape index (κ1) is 20.3. The van der Waals surface area contributed by atoms with Gasteiger partial charge in [0, 0.05) is 13.1 Å². The van der Waals surface area contributed by atoms with Gasteiger partial charge in [0.05, 0.1) is 12.5 Å². The second-order valence-corrected chi connectivity index (χ2v) is 7.31. The summed E-state index contributed by atoms with van der Waals surface area (Å²) in [4.78, 5) is 26.4. The normalized spacial score (nSPS) is 16.5. The van der Waals surface area contributed by atoms with Crippen LogP contribution in [0.2, 0.25) is 0 Å². The summed E-state index contributed by atoms with van der Waals surface area (Å²) in [7, 11) is 0. The predicted octanol–water partition coefficient (Wildman–Crippen LogP) is 3.69. The maximum Gasteiger partial charge on any atom is 0.309 e. The zero-order chi connectivity index (χ0) is 19.3. The number of amides is 1. The number of piperidine rings is 1. The Morgan fingerprint density at radius 1 is 1.19 bits per heavy atom. The molecule has 1 amide bonds. The summed E-state index contributed by atoms with van der Waals surface area (Å²) in [6.07, 6.45) is 0.756. The van der Waals surface area contributed by atoms with Crippen molar-refractivity contribution in [1.82, 2.24) is 4.90 Å². The van der Waals surface area contributed by atoms with Gasteiger partial charge >= 0.3 is 5.97 Å². The van der Waals surface area contributed by atoms with Crippen molar-refractivity contribution in [2.45, 2.75) is 59.5 Å². The molecule has 1 aromatic rings. The van der Waals surface area contributed by atoms with Gasteiger partial charge in [-0.25, -0.2) is 0 Å². The van der Waals surface area contributed by atoms with E-state index in [0.717, 1.165) is 16.9 Å². The molecule has 1 heterocycles. The minimum Gasteiger partial charge on any atom is -0.481 e. The molecule has 0 saturated carbocycles. The molecule has 26 heavy (non-hydrogen) atoms. The SMILES string of the molecule is CCOC(=O)C1CCN(C(=O)[C@H](C)Oc2cc(C)ccc2C(C)C)CC1. The topological polar surface area (TPSA) is 55.8 Å². The molecule has 2 rings (SSSR count). The molecule has 1 aromatic carbocycles. The number of benzene rings is 1. The molecule has 1 aliphatic heterocycles. The first-order chi connectivity index (χ1) is 12.3. The van der Waals surface area contributed by atoms with Crippen molar-refractivity contribution in [3.8, 4) is 5.75 Å². The second-order valence-electron chi connectivity index (χ2n) is 7.31. The van der Waals surface area contributed by atoms with Crippen LogP contribution in [0.5, 0.6) is 5.75 Å². The molecule has 144 valence electrons. The molecule has 0 bridgehead atoms. The number of hydrogen-bond acceptors (Lipinski definition) is 4. The van der Waals surface area contributed by atoms with Gasteiger partial charge in [-0.05, 0) is 56.7 Å². The van der Waals surface area contributed by atoms with Crippen molar-refractivity contribution < 1.29 is 19.1 Å². The first-order valence-electron chi connectivity index (χ1n) is 9.56. The van der Waals surface area contributed by atoms with Gasteiger partial charge in [0.15, 0.2) is 6.10 Å². The van der Waals surface area contributed by atoms with Gasteiger partial charge in [-0.3, -0.25) is 9.59 Å². The monoisotopic (exact) mass is 361 g/mol. The molecule has 0 radical (unpaired) electrons. The maximum absolute atomic E-state index is 12.8. The van der Waals surface area contributed by atoms with Gasteiger partial charge in [-0.15, -0.1) is 0 Å². The predicted molar refractivity (Wildman–Crippen MR) is 101 cm³/mol. The van der Waals surface area contributed by atoms with E-state index >= 15 is 0 Å². The summed E-state index contributed by atoms with van der Waals surface area (Å²) < 4.78 is 11.1. The Hall–Kier alpha value is -2.04. The Balaban J connectivity index is 1.97. The molecule has 1 fully saturated rings. The molecule has 1 atom stereocenters. The highest BCUT2D eigenvalue weighted by Gasteiger charge is 2.31. The zero-order valence-corrected chi connectivity index (χ0v) is 16.6. The van der Waals surface area contributed by atoms with Crippen molar-refractivity contribution in [3.63, 3.8) is 0 Å². The summed E-state index contributed by atoms with van der Waals surface area (Å²) in [5.41, 5.74) is 2.22. The Labute approximate surface area is 156 Å². The van der Waals surface area contributed by atoms with E-state index in [1.165, 1.54) is 0 Å². The Morgan fingerprint density at radius 2 is 1.85 bits per heavy atom. The number of carbonyl (C=O) groups excluding carboxylic acids is 2. The lowest BCUT2D eigenvalue weighted by Gasteiger charge is -2.32. The molecule has 1 aliphatic rings. The summed E-state index contributed by atoms with van der Waals surface area (Å²) in [6.45, 7) is 11.4. The van der Waals surface area contributed by atoms with Crippen LogP contribution in [0.1, 0.15) is 57.6 Å². The van der Waals surface area contributed by atoms with Gasteiger partial charge in [-0.1, -0.05) is 26.0 Å². The van der Waals surface area contributed by atoms with Crippen LogP contribution >= 0.6 is 0 Å². The molecule has 5 heteroatoms. The van der Waals surface area contributed by atoms with Crippen LogP contribution in [0.25, 0.3) is 0 Å². The number of aryl methyl sites for hydroxylation is 1.